The van der Waals surface area contributed by atoms with Crippen molar-refractivity contribution in [3.8, 4) is 11.4 Å². The number of hydrogen-bond donors (Lipinski definition) is 1. The van der Waals surface area contributed by atoms with Gasteiger partial charge in [-0.15, -0.1) is 0 Å². The Hall–Kier alpha value is -3.43. The molecule has 0 saturated carbocycles. The third-order valence-corrected chi connectivity index (χ3v) is 4.52. The SMILES string of the molecule is O=C(Nc1ccccc1F)N1CC(c2nc(-c3cccc(C(F)(F)F)c3)no2)C1. The number of halogens is 4. The molecule has 0 atom stereocenters. The summed E-state index contributed by atoms with van der Waals surface area (Å²) in [4.78, 5) is 17.7. The van der Waals surface area contributed by atoms with Crippen LogP contribution in [0.4, 0.5) is 28.0 Å². The van der Waals surface area contributed by atoms with Crippen LogP contribution >= 0.6 is 0 Å². The molecule has 29 heavy (non-hydrogen) atoms. The van der Waals surface area contributed by atoms with Crippen LogP contribution in [0.2, 0.25) is 0 Å². The highest BCUT2D eigenvalue weighted by atomic mass is 19.4. The van der Waals surface area contributed by atoms with Gasteiger partial charge in [0.25, 0.3) is 0 Å². The average molecular weight is 406 g/mol. The minimum absolute atomic E-state index is 0.0420. The lowest BCUT2D eigenvalue weighted by Gasteiger charge is -2.36. The van der Waals surface area contributed by atoms with Gasteiger partial charge in [0.2, 0.25) is 11.7 Å². The van der Waals surface area contributed by atoms with Gasteiger partial charge in [0.05, 0.1) is 17.2 Å². The predicted octanol–water partition coefficient (Wildman–Crippen LogP) is 4.53. The van der Waals surface area contributed by atoms with Gasteiger partial charge < -0.3 is 14.7 Å². The van der Waals surface area contributed by atoms with Gasteiger partial charge in [0, 0.05) is 18.7 Å². The molecule has 0 spiro atoms. The van der Waals surface area contributed by atoms with E-state index in [0.717, 1.165) is 12.1 Å². The molecule has 1 aliphatic rings. The van der Waals surface area contributed by atoms with Crippen molar-refractivity contribution in [2.75, 3.05) is 18.4 Å². The van der Waals surface area contributed by atoms with Gasteiger partial charge in [-0.25, -0.2) is 9.18 Å². The Bertz CT molecular complexity index is 1040. The fourth-order valence-electron chi connectivity index (χ4n) is 2.91. The summed E-state index contributed by atoms with van der Waals surface area (Å²) in [6.45, 7) is 0.537. The van der Waals surface area contributed by atoms with Crippen molar-refractivity contribution in [2.24, 2.45) is 0 Å². The molecule has 0 unspecified atom stereocenters. The number of para-hydroxylation sites is 1. The van der Waals surface area contributed by atoms with Gasteiger partial charge in [-0.2, -0.15) is 18.2 Å². The number of amides is 2. The van der Waals surface area contributed by atoms with Crippen molar-refractivity contribution in [3.05, 3.63) is 65.8 Å². The summed E-state index contributed by atoms with van der Waals surface area (Å²) in [7, 11) is 0. The van der Waals surface area contributed by atoms with Crippen LogP contribution in [0, 0.1) is 5.82 Å². The molecule has 1 aromatic heterocycles. The second-order valence-corrected chi connectivity index (χ2v) is 6.55. The zero-order chi connectivity index (χ0) is 20.6. The van der Waals surface area contributed by atoms with Crippen molar-refractivity contribution in [2.45, 2.75) is 12.1 Å². The third-order valence-electron chi connectivity index (χ3n) is 4.52. The molecule has 4 rings (SSSR count). The topological polar surface area (TPSA) is 71.3 Å². The van der Waals surface area contributed by atoms with E-state index in [9.17, 15) is 22.4 Å². The summed E-state index contributed by atoms with van der Waals surface area (Å²) >= 11 is 0. The number of carbonyl (C=O) groups excluding carboxylic acids is 1. The minimum atomic E-state index is -4.47. The number of likely N-dealkylation sites (tertiary alicyclic amines) is 1. The third kappa shape index (κ3) is 3.91. The van der Waals surface area contributed by atoms with Crippen molar-refractivity contribution in [3.63, 3.8) is 0 Å². The Kier molecular flexibility index (Phi) is 4.69. The number of nitrogens with one attached hydrogen (secondary N) is 1. The van der Waals surface area contributed by atoms with Crippen LogP contribution in [0.1, 0.15) is 17.4 Å². The quantitative estimate of drug-likeness (QED) is 0.649. The lowest BCUT2D eigenvalue weighted by Crippen LogP contribution is -2.50. The molecular weight excluding hydrogens is 392 g/mol. The molecule has 1 aliphatic heterocycles. The van der Waals surface area contributed by atoms with Crippen LogP contribution in [-0.4, -0.2) is 34.2 Å². The predicted molar refractivity (Wildman–Crippen MR) is 94.5 cm³/mol. The Labute approximate surface area is 162 Å². The lowest BCUT2D eigenvalue weighted by atomic mass is 10.0. The molecule has 1 fully saturated rings. The summed E-state index contributed by atoms with van der Waals surface area (Å²) in [5.41, 5.74) is -0.546. The second kappa shape index (κ2) is 7.19. The number of rotatable bonds is 3. The van der Waals surface area contributed by atoms with Crippen LogP contribution in [0.5, 0.6) is 0 Å². The van der Waals surface area contributed by atoms with Gasteiger partial charge in [-0.05, 0) is 24.3 Å². The smallest absolute Gasteiger partial charge is 0.339 e. The number of nitrogens with zero attached hydrogens (tertiary/aromatic N) is 3. The molecule has 150 valence electrons. The first-order valence-corrected chi connectivity index (χ1v) is 8.63. The van der Waals surface area contributed by atoms with Crippen LogP contribution in [-0.2, 0) is 6.18 Å². The summed E-state index contributed by atoms with van der Waals surface area (Å²) in [6, 6.07) is 9.97. The van der Waals surface area contributed by atoms with E-state index in [4.69, 9.17) is 4.52 Å². The molecule has 2 amide bonds. The van der Waals surface area contributed by atoms with E-state index in [-0.39, 0.29) is 42.0 Å². The van der Waals surface area contributed by atoms with Gasteiger partial charge in [-0.3, -0.25) is 0 Å². The maximum Gasteiger partial charge on any atom is 0.416 e. The normalized spacial score (nSPS) is 14.6. The van der Waals surface area contributed by atoms with E-state index in [1.807, 2.05) is 0 Å². The zero-order valence-corrected chi connectivity index (χ0v) is 14.8. The number of carbonyl (C=O) groups is 1. The first kappa shape index (κ1) is 18.9. The van der Waals surface area contributed by atoms with Crippen molar-refractivity contribution in [1.29, 1.82) is 0 Å². The van der Waals surface area contributed by atoms with Crippen molar-refractivity contribution < 1.29 is 26.9 Å². The zero-order valence-electron chi connectivity index (χ0n) is 14.8. The minimum Gasteiger partial charge on any atom is -0.339 e. The number of aromatic nitrogens is 2. The van der Waals surface area contributed by atoms with Crippen LogP contribution < -0.4 is 5.32 Å². The molecule has 2 heterocycles. The number of hydrogen-bond acceptors (Lipinski definition) is 4. The highest BCUT2D eigenvalue weighted by Crippen LogP contribution is 2.32. The highest BCUT2D eigenvalue weighted by molar-refractivity contribution is 5.90. The Morgan fingerprint density at radius 1 is 1.14 bits per heavy atom. The molecule has 1 N–H and O–H groups in total. The number of anilines is 1. The second-order valence-electron chi connectivity index (χ2n) is 6.55. The van der Waals surface area contributed by atoms with E-state index in [1.165, 1.54) is 35.2 Å². The van der Waals surface area contributed by atoms with Crippen LogP contribution in [0.25, 0.3) is 11.4 Å². The van der Waals surface area contributed by atoms with Gasteiger partial charge in [0.15, 0.2) is 0 Å². The first-order chi connectivity index (χ1) is 13.8. The molecule has 3 aromatic rings. The molecular formula is C19H14F4N4O2. The molecule has 0 bridgehead atoms. The van der Waals surface area contributed by atoms with E-state index in [2.05, 4.69) is 15.5 Å². The molecule has 6 nitrogen and oxygen atoms in total. The summed E-state index contributed by atoms with van der Waals surface area (Å²) in [5, 5.41) is 6.21. The van der Waals surface area contributed by atoms with Gasteiger partial charge in [0.1, 0.15) is 5.82 Å². The number of alkyl halides is 3. The standard InChI is InChI=1S/C19H14F4N4O2/c20-14-6-1-2-7-15(14)24-18(28)27-9-12(10-27)17-25-16(26-29-17)11-4-3-5-13(8-11)19(21,22)23/h1-8,12H,9-10H2,(H,24,28). The molecule has 1 saturated heterocycles. The Morgan fingerprint density at radius 3 is 2.62 bits per heavy atom. The fraction of sp³-hybridized carbons (Fsp3) is 0.211. The van der Waals surface area contributed by atoms with Crippen molar-refractivity contribution >= 4 is 11.7 Å². The van der Waals surface area contributed by atoms with Crippen LogP contribution in [0.15, 0.2) is 53.1 Å². The van der Waals surface area contributed by atoms with Gasteiger partial charge in [-0.1, -0.05) is 29.4 Å². The number of benzene rings is 2. The molecule has 0 aliphatic carbocycles. The monoisotopic (exact) mass is 406 g/mol. The number of urea groups is 1. The molecule has 10 heteroatoms. The summed E-state index contributed by atoms with van der Waals surface area (Å²) < 4.78 is 57.3. The van der Waals surface area contributed by atoms with E-state index < -0.39 is 23.6 Å². The largest absolute Gasteiger partial charge is 0.416 e. The molecule has 0 radical (unpaired) electrons. The fourth-order valence-corrected chi connectivity index (χ4v) is 2.91. The maximum absolute atomic E-state index is 13.6. The highest BCUT2D eigenvalue weighted by Gasteiger charge is 2.36. The first-order valence-electron chi connectivity index (χ1n) is 8.63. The molecule has 2 aromatic carbocycles. The average Bonchev–Trinajstić information content (AvgIpc) is 3.11. The lowest BCUT2D eigenvalue weighted by molar-refractivity contribution is -0.137. The summed E-state index contributed by atoms with van der Waals surface area (Å²) in [6.07, 6.45) is -4.47. The van der Waals surface area contributed by atoms with Crippen LogP contribution in [0.3, 0.4) is 0 Å². The Morgan fingerprint density at radius 2 is 1.90 bits per heavy atom. The van der Waals surface area contributed by atoms with Crippen molar-refractivity contribution in [1.82, 2.24) is 15.0 Å². The van der Waals surface area contributed by atoms with E-state index >= 15 is 0 Å². The Balaban J connectivity index is 1.40. The van der Waals surface area contributed by atoms with Gasteiger partial charge >= 0.3 is 12.2 Å². The summed E-state index contributed by atoms with van der Waals surface area (Å²) in [5.74, 6) is -0.512. The van der Waals surface area contributed by atoms with E-state index in [0.29, 0.717) is 0 Å². The maximum atomic E-state index is 13.6. The van der Waals surface area contributed by atoms with E-state index in [1.54, 1.807) is 6.07 Å².